The SMILES string of the molecule is CC1CCC(N(C)c2nc(C3CC3)c(C=O)s2)CC1. The Bertz CT molecular complexity index is 459. The number of hydrogen-bond acceptors (Lipinski definition) is 4. The first-order chi connectivity index (χ1) is 9.19. The molecule has 2 aliphatic rings. The number of aldehydes is 1. The van der Waals surface area contributed by atoms with Gasteiger partial charge in [-0.3, -0.25) is 4.79 Å². The lowest BCUT2D eigenvalue weighted by atomic mass is 9.87. The van der Waals surface area contributed by atoms with E-state index < -0.39 is 0 Å². The Balaban J connectivity index is 1.75. The summed E-state index contributed by atoms with van der Waals surface area (Å²) in [5, 5.41) is 1.04. The molecule has 2 fully saturated rings. The molecule has 3 nitrogen and oxygen atoms in total. The Labute approximate surface area is 119 Å². The molecule has 0 amide bonds. The van der Waals surface area contributed by atoms with Gasteiger partial charge >= 0.3 is 0 Å². The highest BCUT2D eigenvalue weighted by Gasteiger charge is 2.31. The molecular formula is C15H22N2OS. The Morgan fingerprint density at radius 2 is 1.89 bits per heavy atom. The quantitative estimate of drug-likeness (QED) is 0.784. The minimum absolute atomic E-state index is 0.560. The van der Waals surface area contributed by atoms with Gasteiger partial charge in [0.2, 0.25) is 0 Å². The third kappa shape index (κ3) is 2.69. The maximum absolute atomic E-state index is 11.2. The van der Waals surface area contributed by atoms with Crippen LogP contribution in [0.5, 0.6) is 0 Å². The van der Waals surface area contributed by atoms with E-state index in [1.165, 1.54) is 38.5 Å². The van der Waals surface area contributed by atoms with E-state index in [1.807, 2.05) is 0 Å². The highest BCUT2D eigenvalue weighted by atomic mass is 32.1. The van der Waals surface area contributed by atoms with Gasteiger partial charge in [-0.1, -0.05) is 18.3 Å². The van der Waals surface area contributed by atoms with E-state index in [1.54, 1.807) is 11.3 Å². The lowest BCUT2D eigenvalue weighted by Crippen LogP contribution is -2.34. The molecule has 0 N–H and O–H groups in total. The number of thiazole rings is 1. The van der Waals surface area contributed by atoms with Gasteiger partial charge in [-0.15, -0.1) is 0 Å². The molecule has 19 heavy (non-hydrogen) atoms. The molecule has 2 aliphatic carbocycles. The van der Waals surface area contributed by atoms with Gasteiger partial charge in [0.25, 0.3) is 0 Å². The van der Waals surface area contributed by atoms with Gasteiger partial charge in [-0.05, 0) is 44.4 Å². The first kappa shape index (κ1) is 13.1. The third-order valence-electron chi connectivity index (χ3n) is 4.58. The third-order valence-corrected chi connectivity index (χ3v) is 5.66. The highest BCUT2D eigenvalue weighted by Crippen LogP contribution is 2.44. The van der Waals surface area contributed by atoms with Gasteiger partial charge in [-0.2, -0.15) is 0 Å². The first-order valence-electron chi connectivity index (χ1n) is 7.37. The van der Waals surface area contributed by atoms with Crippen LogP contribution in [0.15, 0.2) is 0 Å². The largest absolute Gasteiger partial charge is 0.348 e. The first-order valence-corrected chi connectivity index (χ1v) is 8.19. The van der Waals surface area contributed by atoms with Crippen LogP contribution in [0.4, 0.5) is 5.13 Å². The van der Waals surface area contributed by atoms with Crippen LogP contribution in [0, 0.1) is 5.92 Å². The average Bonchev–Trinajstić information content (AvgIpc) is 3.18. The van der Waals surface area contributed by atoms with E-state index in [0.29, 0.717) is 12.0 Å². The molecule has 1 heterocycles. The normalized spacial score (nSPS) is 27.3. The summed E-state index contributed by atoms with van der Waals surface area (Å²) in [4.78, 5) is 19.1. The fraction of sp³-hybridized carbons (Fsp3) is 0.733. The number of carbonyl (C=O) groups is 1. The maximum atomic E-state index is 11.2. The Kier molecular flexibility index (Phi) is 3.61. The predicted molar refractivity (Wildman–Crippen MR) is 79.3 cm³/mol. The van der Waals surface area contributed by atoms with Gasteiger partial charge in [0.15, 0.2) is 11.4 Å². The number of rotatable bonds is 4. The molecule has 0 atom stereocenters. The fourth-order valence-electron chi connectivity index (χ4n) is 3.00. The van der Waals surface area contributed by atoms with Crippen molar-refractivity contribution in [1.29, 1.82) is 0 Å². The molecule has 0 unspecified atom stereocenters. The monoisotopic (exact) mass is 278 g/mol. The molecular weight excluding hydrogens is 256 g/mol. The zero-order chi connectivity index (χ0) is 13.4. The van der Waals surface area contributed by atoms with Gasteiger partial charge in [0, 0.05) is 19.0 Å². The van der Waals surface area contributed by atoms with E-state index in [0.717, 1.165) is 27.9 Å². The summed E-state index contributed by atoms with van der Waals surface area (Å²) in [5.41, 5.74) is 1.06. The van der Waals surface area contributed by atoms with E-state index in [2.05, 4.69) is 18.9 Å². The summed E-state index contributed by atoms with van der Waals surface area (Å²) in [6.45, 7) is 2.34. The van der Waals surface area contributed by atoms with Crippen LogP contribution >= 0.6 is 11.3 Å². The average molecular weight is 278 g/mol. The van der Waals surface area contributed by atoms with Gasteiger partial charge in [-0.25, -0.2) is 4.98 Å². The van der Waals surface area contributed by atoms with E-state index >= 15 is 0 Å². The molecule has 0 radical (unpaired) electrons. The maximum Gasteiger partial charge on any atom is 0.186 e. The molecule has 1 aromatic heterocycles. The molecule has 0 spiro atoms. The molecule has 104 valence electrons. The Hall–Kier alpha value is -0.900. The predicted octanol–water partition coefficient (Wildman–Crippen LogP) is 3.85. The summed E-state index contributed by atoms with van der Waals surface area (Å²) >= 11 is 1.58. The van der Waals surface area contributed by atoms with Crippen molar-refractivity contribution in [3.63, 3.8) is 0 Å². The van der Waals surface area contributed by atoms with Gasteiger partial charge in [0.1, 0.15) is 0 Å². The topological polar surface area (TPSA) is 33.2 Å². The molecule has 3 rings (SSSR count). The minimum Gasteiger partial charge on any atom is -0.348 e. The molecule has 1 aromatic rings. The second kappa shape index (κ2) is 5.23. The number of hydrogen-bond donors (Lipinski definition) is 0. The fourth-order valence-corrected chi connectivity index (χ4v) is 4.00. The van der Waals surface area contributed by atoms with E-state index in [4.69, 9.17) is 4.98 Å². The van der Waals surface area contributed by atoms with Crippen molar-refractivity contribution >= 4 is 22.8 Å². The van der Waals surface area contributed by atoms with Gasteiger partial charge in [0.05, 0.1) is 10.6 Å². The zero-order valence-corrected chi connectivity index (χ0v) is 12.6. The van der Waals surface area contributed by atoms with Crippen LogP contribution in [0.3, 0.4) is 0 Å². The highest BCUT2D eigenvalue weighted by molar-refractivity contribution is 7.17. The molecule has 2 saturated carbocycles. The van der Waals surface area contributed by atoms with Crippen LogP contribution in [-0.2, 0) is 0 Å². The van der Waals surface area contributed by atoms with Crippen molar-refractivity contribution in [3.8, 4) is 0 Å². The Morgan fingerprint density at radius 3 is 2.47 bits per heavy atom. The minimum atomic E-state index is 0.560. The number of anilines is 1. The van der Waals surface area contributed by atoms with Crippen molar-refractivity contribution in [2.24, 2.45) is 5.92 Å². The van der Waals surface area contributed by atoms with E-state index in [9.17, 15) is 4.79 Å². The molecule has 0 aromatic carbocycles. The van der Waals surface area contributed by atoms with Crippen LogP contribution < -0.4 is 4.90 Å². The number of aromatic nitrogens is 1. The van der Waals surface area contributed by atoms with Gasteiger partial charge < -0.3 is 4.90 Å². The summed E-state index contributed by atoms with van der Waals surface area (Å²) in [7, 11) is 2.14. The van der Waals surface area contributed by atoms with Crippen molar-refractivity contribution in [2.75, 3.05) is 11.9 Å². The number of carbonyl (C=O) groups excluding carboxylic acids is 1. The lowest BCUT2D eigenvalue weighted by molar-refractivity contribution is 0.112. The smallest absolute Gasteiger partial charge is 0.186 e. The van der Waals surface area contributed by atoms with Crippen molar-refractivity contribution in [3.05, 3.63) is 10.6 Å². The van der Waals surface area contributed by atoms with Crippen LogP contribution in [-0.4, -0.2) is 24.4 Å². The van der Waals surface area contributed by atoms with Crippen molar-refractivity contribution < 1.29 is 4.79 Å². The molecule has 0 bridgehead atoms. The summed E-state index contributed by atoms with van der Waals surface area (Å²) in [6, 6.07) is 0.605. The second-order valence-electron chi connectivity index (χ2n) is 6.16. The molecule has 4 heteroatoms. The summed E-state index contributed by atoms with van der Waals surface area (Å²) in [5.74, 6) is 1.43. The van der Waals surface area contributed by atoms with Crippen molar-refractivity contribution in [2.45, 2.75) is 57.4 Å². The number of nitrogens with zero attached hydrogens (tertiary/aromatic N) is 2. The lowest BCUT2D eigenvalue weighted by Gasteiger charge is -2.33. The zero-order valence-electron chi connectivity index (χ0n) is 11.8. The van der Waals surface area contributed by atoms with Crippen molar-refractivity contribution in [1.82, 2.24) is 4.98 Å². The Morgan fingerprint density at radius 1 is 1.21 bits per heavy atom. The van der Waals surface area contributed by atoms with E-state index in [-0.39, 0.29) is 0 Å². The molecule has 0 saturated heterocycles. The van der Waals surface area contributed by atoms with Crippen LogP contribution in [0.2, 0.25) is 0 Å². The van der Waals surface area contributed by atoms with Crippen LogP contribution in [0.1, 0.15) is 66.7 Å². The summed E-state index contributed by atoms with van der Waals surface area (Å²) < 4.78 is 0. The standard InChI is InChI=1S/C15H22N2OS/c1-10-3-7-12(8-4-10)17(2)15-16-14(11-5-6-11)13(9-18)19-15/h9-12H,3-8H2,1-2H3. The molecule has 0 aliphatic heterocycles. The summed E-state index contributed by atoms with van der Waals surface area (Å²) in [6.07, 6.45) is 8.54. The second-order valence-corrected chi connectivity index (χ2v) is 7.17. The van der Waals surface area contributed by atoms with Crippen LogP contribution in [0.25, 0.3) is 0 Å².